The lowest BCUT2D eigenvalue weighted by atomic mass is 10.2. The second kappa shape index (κ2) is 4.32. The number of alkyl halides is 3. The fourth-order valence-electron chi connectivity index (χ4n) is 1.64. The highest BCUT2D eigenvalue weighted by molar-refractivity contribution is 5.67. The molecule has 0 amide bonds. The van der Waals surface area contributed by atoms with Crippen LogP contribution >= 0.6 is 0 Å². The third-order valence-electron chi connectivity index (χ3n) is 2.50. The second-order valence-electron chi connectivity index (χ2n) is 3.78. The largest absolute Gasteiger partial charge is 0.481 e. The molecule has 0 spiro atoms. The van der Waals surface area contributed by atoms with Gasteiger partial charge in [0.05, 0.1) is 23.7 Å². The van der Waals surface area contributed by atoms with E-state index in [0.717, 1.165) is 12.1 Å². The molecule has 0 unspecified atom stereocenters. The number of carbonyl (C=O) groups is 1. The summed E-state index contributed by atoms with van der Waals surface area (Å²) in [6.07, 6.45) is -1.78. The van der Waals surface area contributed by atoms with Crippen molar-refractivity contribution in [3.8, 4) is 0 Å². The molecule has 0 bridgehead atoms. The Morgan fingerprint density at radius 3 is 2.78 bits per heavy atom. The standard InChI is InChI=1S/C11H9F3N2O2/c12-11(13,14)7-3-4-16-8(5-7)6-15-9(16)1-2-10(17)18/h3-6H,1-2H2,(H,17,18). The van der Waals surface area contributed by atoms with E-state index in [1.807, 2.05) is 0 Å². The summed E-state index contributed by atoms with van der Waals surface area (Å²) in [6.45, 7) is 0. The Morgan fingerprint density at radius 2 is 2.17 bits per heavy atom. The van der Waals surface area contributed by atoms with Crippen molar-refractivity contribution in [1.29, 1.82) is 0 Å². The number of carboxylic acid groups (broad SMARTS) is 1. The zero-order chi connectivity index (χ0) is 13.3. The van der Waals surface area contributed by atoms with E-state index in [0.29, 0.717) is 11.3 Å². The van der Waals surface area contributed by atoms with Crippen molar-refractivity contribution in [2.45, 2.75) is 19.0 Å². The van der Waals surface area contributed by atoms with Crippen LogP contribution in [0.25, 0.3) is 5.52 Å². The van der Waals surface area contributed by atoms with Gasteiger partial charge in [0.2, 0.25) is 0 Å². The maximum atomic E-state index is 12.5. The van der Waals surface area contributed by atoms with Gasteiger partial charge in [-0.2, -0.15) is 13.2 Å². The summed E-state index contributed by atoms with van der Waals surface area (Å²) < 4.78 is 38.9. The van der Waals surface area contributed by atoms with Gasteiger partial charge in [-0.25, -0.2) is 4.98 Å². The number of carboxylic acids is 1. The highest BCUT2D eigenvalue weighted by atomic mass is 19.4. The number of hydrogen-bond acceptors (Lipinski definition) is 2. The van der Waals surface area contributed by atoms with E-state index in [1.165, 1.54) is 16.8 Å². The van der Waals surface area contributed by atoms with Crippen LogP contribution in [-0.2, 0) is 17.4 Å². The Bertz CT molecular complexity index is 589. The molecular formula is C11H9F3N2O2. The van der Waals surface area contributed by atoms with Crippen molar-refractivity contribution in [3.63, 3.8) is 0 Å². The molecule has 96 valence electrons. The Morgan fingerprint density at radius 1 is 1.44 bits per heavy atom. The van der Waals surface area contributed by atoms with Gasteiger partial charge in [-0.05, 0) is 12.1 Å². The average Bonchev–Trinajstić information content (AvgIpc) is 2.67. The van der Waals surface area contributed by atoms with Crippen molar-refractivity contribution in [2.75, 3.05) is 0 Å². The molecule has 4 nitrogen and oxygen atoms in total. The van der Waals surface area contributed by atoms with Crippen LogP contribution < -0.4 is 0 Å². The number of aromatic nitrogens is 2. The number of pyridine rings is 1. The summed E-state index contributed by atoms with van der Waals surface area (Å²) in [5.41, 5.74) is -0.454. The van der Waals surface area contributed by atoms with Gasteiger partial charge in [0.15, 0.2) is 0 Å². The molecule has 0 aromatic carbocycles. The molecule has 0 saturated carbocycles. The topological polar surface area (TPSA) is 54.6 Å². The van der Waals surface area contributed by atoms with Crippen LogP contribution in [0.5, 0.6) is 0 Å². The van der Waals surface area contributed by atoms with E-state index >= 15 is 0 Å². The van der Waals surface area contributed by atoms with Crippen molar-refractivity contribution in [1.82, 2.24) is 9.38 Å². The van der Waals surface area contributed by atoms with Crippen molar-refractivity contribution >= 4 is 11.5 Å². The number of rotatable bonds is 3. The molecule has 0 aliphatic rings. The SMILES string of the molecule is O=C(O)CCc1ncc2cc(C(F)(F)F)ccn12. The first-order valence-corrected chi connectivity index (χ1v) is 5.13. The number of hydrogen-bond donors (Lipinski definition) is 1. The first kappa shape index (κ1) is 12.4. The second-order valence-corrected chi connectivity index (χ2v) is 3.78. The summed E-state index contributed by atoms with van der Waals surface area (Å²) in [6, 6.07) is 1.93. The minimum atomic E-state index is -4.40. The molecular weight excluding hydrogens is 249 g/mol. The molecule has 0 aliphatic carbocycles. The molecule has 0 atom stereocenters. The molecule has 1 N–H and O–H groups in total. The lowest BCUT2D eigenvalue weighted by Gasteiger charge is -2.07. The lowest BCUT2D eigenvalue weighted by Crippen LogP contribution is -2.06. The van der Waals surface area contributed by atoms with E-state index in [-0.39, 0.29) is 12.8 Å². The number of imidazole rings is 1. The first-order chi connectivity index (χ1) is 8.38. The van der Waals surface area contributed by atoms with Gasteiger partial charge in [-0.3, -0.25) is 4.79 Å². The number of aliphatic carboxylic acids is 1. The summed E-state index contributed by atoms with van der Waals surface area (Å²) in [4.78, 5) is 14.4. The minimum Gasteiger partial charge on any atom is -0.481 e. The van der Waals surface area contributed by atoms with Crippen molar-refractivity contribution in [2.24, 2.45) is 0 Å². The average molecular weight is 258 g/mol. The molecule has 0 fully saturated rings. The summed E-state index contributed by atoms with van der Waals surface area (Å²) >= 11 is 0. The van der Waals surface area contributed by atoms with E-state index < -0.39 is 17.7 Å². The van der Waals surface area contributed by atoms with Crippen LogP contribution in [-0.4, -0.2) is 20.5 Å². The summed E-state index contributed by atoms with van der Waals surface area (Å²) in [5, 5.41) is 8.55. The zero-order valence-corrected chi connectivity index (χ0v) is 9.11. The predicted molar refractivity (Wildman–Crippen MR) is 56.2 cm³/mol. The van der Waals surface area contributed by atoms with Crippen LogP contribution in [0.1, 0.15) is 17.8 Å². The highest BCUT2D eigenvalue weighted by Gasteiger charge is 2.30. The first-order valence-electron chi connectivity index (χ1n) is 5.13. The van der Waals surface area contributed by atoms with Crippen LogP contribution in [0.2, 0.25) is 0 Å². The van der Waals surface area contributed by atoms with Gasteiger partial charge < -0.3 is 9.51 Å². The Hall–Kier alpha value is -2.05. The van der Waals surface area contributed by atoms with E-state index in [1.54, 1.807) is 0 Å². The van der Waals surface area contributed by atoms with Gasteiger partial charge in [-0.15, -0.1) is 0 Å². The van der Waals surface area contributed by atoms with Gasteiger partial charge in [-0.1, -0.05) is 0 Å². The van der Waals surface area contributed by atoms with Crippen LogP contribution in [0.15, 0.2) is 24.5 Å². The Labute approximate surface area is 99.7 Å². The number of nitrogens with zero attached hydrogens (tertiary/aromatic N) is 2. The summed E-state index contributed by atoms with van der Waals surface area (Å²) in [5.74, 6) is -0.542. The Kier molecular flexibility index (Phi) is 2.98. The molecule has 0 saturated heterocycles. The maximum Gasteiger partial charge on any atom is 0.416 e. The number of aryl methyl sites for hydroxylation is 1. The van der Waals surface area contributed by atoms with E-state index in [9.17, 15) is 18.0 Å². The van der Waals surface area contributed by atoms with E-state index in [4.69, 9.17) is 5.11 Å². The molecule has 0 aliphatic heterocycles. The smallest absolute Gasteiger partial charge is 0.416 e. The van der Waals surface area contributed by atoms with Gasteiger partial charge in [0.1, 0.15) is 5.82 Å². The fourth-order valence-corrected chi connectivity index (χ4v) is 1.64. The molecule has 0 radical (unpaired) electrons. The molecule has 18 heavy (non-hydrogen) atoms. The van der Waals surface area contributed by atoms with Gasteiger partial charge in [0.25, 0.3) is 0 Å². The Balaban J connectivity index is 2.35. The molecule has 2 rings (SSSR count). The third-order valence-corrected chi connectivity index (χ3v) is 2.50. The molecule has 7 heteroatoms. The monoisotopic (exact) mass is 258 g/mol. The molecule has 2 heterocycles. The maximum absolute atomic E-state index is 12.5. The molecule has 2 aromatic heterocycles. The fraction of sp³-hybridized carbons (Fsp3) is 0.273. The van der Waals surface area contributed by atoms with Gasteiger partial charge >= 0.3 is 12.1 Å². The number of fused-ring (bicyclic) bond motifs is 1. The highest BCUT2D eigenvalue weighted by Crippen LogP contribution is 2.29. The zero-order valence-electron chi connectivity index (χ0n) is 9.11. The lowest BCUT2D eigenvalue weighted by molar-refractivity contribution is -0.138. The van der Waals surface area contributed by atoms with Crippen LogP contribution in [0, 0.1) is 0 Å². The predicted octanol–water partition coefficient (Wildman–Crippen LogP) is 2.37. The van der Waals surface area contributed by atoms with Crippen molar-refractivity contribution in [3.05, 3.63) is 35.9 Å². The van der Waals surface area contributed by atoms with Crippen LogP contribution in [0.3, 0.4) is 0 Å². The third kappa shape index (κ3) is 2.44. The quantitative estimate of drug-likeness (QED) is 0.919. The normalized spacial score (nSPS) is 11.9. The van der Waals surface area contributed by atoms with Crippen LogP contribution in [0.4, 0.5) is 13.2 Å². The summed E-state index contributed by atoms with van der Waals surface area (Å²) in [7, 11) is 0. The molecule has 2 aromatic rings. The number of halogens is 3. The van der Waals surface area contributed by atoms with Crippen molar-refractivity contribution < 1.29 is 23.1 Å². The van der Waals surface area contributed by atoms with E-state index in [2.05, 4.69) is 4.98 Å². The minimum absolute atomic E-state index is 0.111. The van der Waals surface area contributed by atoms with Gasteiger partial charge in [0, 0.05) is 12.6 Å².